The molecule has 32 heavy (non-hydrogen) atoms. The van der Waals surface area contributed by atoms with Gasteiger partial charge in [0.05, 0.1) is 7.11 Å². The molecule has 3 atom stereocenters. The topological polar surface area (TPSA) is 104 Å². The molecule has 1 aromatic carbocycles. The fourth-order valence-corrected chi connectivity index (χ4v) is 3.55. The molecule has 0 saturated carbocycles. The second-order valence-electron chi connectivity index (χ2n) is 7.52. The molecule has 170 valence electrons. The van der Waals surface area contributed by atoms with E-state index in [4.69, 9.17) is 14.2 Å². The molecule has 1 heterocycles. The van der Waals surface area contributed by atoms with Crippen LogP contribution in [0.15, 0.2) is 30.5 Å². The van der Waals surface area contributed by atoms with Crippen LogP contribution in [0.1, 0.15) is 54.7 Å². The summed E-state index contributed by atoms with van der Waals surface area (Å²) in [7, 11) is 1.37. The molecule has 2 unspecified atom stereocenters. The zero-order valence-electron chi connectivity index (χ0n) is 18.3. The van der Waals surface area contributed by atoms with Gasteiger partial charge in [-0.25, -0.2) is 14.2 Å². The van der Waals surface area contributed by atoms with E-state index in [9.17, 15) is 18.8 Å². The lowest BCUT2D eigenvalue weighted by molar-refractivity contribution is -0.151. The number of carbonyl (C=O) groups excluding carboxylic acids is 3. The molecule has 1 amide bonds. The molecule has 1 N–H and O–H groups in total. The Balaban J connectivity index is 1.68. The first-order valence-corrected chi connectivity index (χ1v) is 10.3. The maximum absolute atomic E-state index is 13.5. The number of ether oxygens (including phenoxy) is 3. The van der Waals surface area contributed by atoms with Gasteiger partial charge < -0.3 is 19.5 Å². The number of benzene rings is 1. The van der Waals surface area contributed by atoms with Crippen LogP contribution in [0, 0.1) is 5.82 Å². The van der Waals surface area contributed by atoms with Crippen molar-refractivity contribution in [2.75, 3.05) is 7.11 Å². The molecule has 0 fully saturated rings. The van der Waals surface area contributed by atoms with Gasteiger partial charge in [0.25, 0.3) is 5.91 Å². The molecule has 0 spiro atoms. The van der Waals surface area contributed by atoms with Crippen LogP contribution in [-0.2, 0) is 20.7 Å². The van der Waals surface area contributed by atoms with E-state index in [1.807, 2.05) is 6.92 Å². The number of hydrogen-bond donors (Lipinski definition) is 1. The number of aromatic nitrogens is 1. The van der Waals surface area contributed by atoms with E-state index in [0.29, 0.717) is 6.42 Å². The number of amides is 1. The second kappa shape index (κ2) is 9.76. The summed E-state index contributed by atoms with van der Waals surface area (Å²) in [5.41, 5.74) is 1.54. The molecule has 0 bridgehead atoms. The van der Waals surface area contributed by atoms with Crippen molar-refractivity contribution in [3.8, 4) is 11.5 Å². The van der Waals surface area contributed by atoms with Gasteiger partial charge in [-0.2, -0.15) is 0 Å². The Hall–Kier alpha value is -3.49. The van der Waals surface area contributed by atoms with Crippen molar-refractivity contribution in [3.63, 3.8) is 0 Å². The first-order chi connectivity index (χ1) is 15.2. The fourth-order valence-electron chi connectivity index (χ4n) is 3.55. The zero-order valence-corrected chi connectivity index (χ0v) is 18.3. The Kier molecular flexibility index (Phi) is 7.07. The van der Waals surface area contributed by atoms with Gasteiger partial charge in [-0.15, -0.1) is 0 Å². The van der Waals surface area contributed by atoms with Crippen LogP contribution >= 0.6 is 0 Å². The molecule has 0 aliphatic heterocycles. The average Bonchev–Trinajstić information content (AvgIpc) is 3.07. The van der Waals surface area contributed by atoms with E-state index in [2.05, 4.69) is 10.3 Å². The second-order valence-corrected chi connectivity index (χ2v) is 7.52. The van der Waals surface area contributed by atoms with E-state index >= 15 is 0 Å². The fraction of sp³-hybridized carbons (Fsp3) is 0.391. The molecule has 9 heteroatoms. The van der Waals surface area contributed by atoms with Crippen molar-refractivity contribution in [2.24, 2.45) is 0 Å². The highest BCUT2D eigenvalue weighted by Gasteiger charge is 2.34. The van der Waals surface area contributed by atoms with E-state index < -0.39 is 30.0 Å². The van der Waals surface area contributed by atoms with Crippen LogP contribution in [0.5, 0.6) is 11.5 Å². The Morgan fingerprint density at radius 1 is 1.28 bits per heavy atom. The van der Waals surface area contributed by atoms with Crippen molar-refractivity contribution in [1.82, 2.24) is 10.3 Å². The molecular formula is C23H25FN2O6. The Labute approximate surface area is 185 Å². The number of hydrogen-bond acceptors (Lipinski definition) is 7. The molecule has 1 aromatic heterocycles. The van der Waals surface area contributed by atoms with E-state index in [-0.39, 0.29) is 35.3 Å². The monoisotopic (exact) mass is 444 g/mol. The summed E-state index contributed by atoms with van der Waals surface area (Å²) < 4.78 is 29.5. The lowest BCUT2D eigenvalue weighted by Crippen LogP contribution is -2.41. The summed E-state index contributed by atoms with van der Waals surface area (Å²) in [4.78, 5) is 41.1. The smallest absolute Gasteiger partial charge is 0.328 e. The number of methoxy groups -OCH3 is 1. The molecule has 3 rings (SSSR count). The minimum absolute atomic E-state index is 0.0910. The lowest BCUT2D eigenvalue weighted by Gasteiger charge is -2.20. The first-order valence-electron chi connectivity index (χ1n) is 10.3. The summed E-state index contributed by atoms with van der Waals surface area (Å²) in [6.45, 7) is 4.99. The summed E-state index contributed by atoms with van der Waals surface area (Å²) in [6.07, 6.45) is 1.36. The number of nitrogens with zero attached hydrogens (tertiary/aromatic N) is 1. The van der Waals surface area contributed by atoms with Gasteiger partial charge in [0.1, 0.15) is 18.0 Å². The quantitative estimate of drug-likeness (QED) is 0.655. The number of fused-ring (bicyclic) bond motifs is 1. The highest BCUT2D eigenvalue weighted by molar-refractivity contribution is 5.98. The standard InChI is InChI=1S/C23H25FN2O6/c1-5-19(27)32-21-17(30-4)8-9-25-20(21)22(28)26-13(3)23(29)31-18-11-14-10-15(24)6-7-16(14)12(18)2/h6-10,12-13,18H,5,11H2,1-4H3,(H,26,28)/t12?,13-,18?/m0/s1. The van der Waals surface area contributed by atoms with Gasteiger partial charge in [-0.3, -0.25) is 9.59 Å². The van der Waals surface area contributed by atoms with Crippen molar-refractivity contribution in [3.05, 3.63) is 53.1 Å². The summed E-state index contributed by atoms with van der Waals surface area (Å²) in [5.74, 6) is -2.33. The van der Waals surface area contributed by atoms with Gasteiger partial charge >= 0.3 is 11.9 Å². The predicted octanol–water partition coefficient (Wildman–Crippen LogP) is 2.93. The van der Waals surface area contributed by atoms with Crippen molar-refractivity contribution >= 4 is 17.8 Å². The number of carbonyl (C=O) groups is 3. The normalized spacial score (nSPS) is 17.8. The van der Waals surface area contributed by atoms with Gasteiger partial charge in [0, 0.05) is 31.0 Å². The molecule has 1 aliphatic rings. The van der Waals surface area contributed by atoms with E-state index in [0.717, 1.165) is 11.1 Å². The molecule has 2 aromatic rings. The molecule has 0 radical (unpaired) electrons. The average molecular weight is 444 g/mol. The number of halogens is 1. The van der Waals surface area contributed by atoms with Crippen molar-refractivity contribution in [1.29, 1.82) is 0 Å². The highest BCUT2D eigenvalue weighted by atomic mass is 19.1. The van der Waals surface area contributed by atoms with Gasteiger partial charge in [-0.05, 0) is 30.2 Å². The third-order valence-corrected chi connectivity index (χ3v) is 5.35. The van der Waals surface area contributed by atoms with Crippen molar-refractivity contribution < 1.29 is 33.0 Å². The van der Waals surface area contributed by atoms with Crippen LogP contribution in [0.2, 0.25) is 0 Å². The van der Waals surface area contributed by atoms with E-state index in [1.54, 1.807) is 13.0 Å². The zero-order chi connectivity index (χ0) is 23.4. The molecule has 8 nitrogen and oxygen atoms in total. The predicted molar refractivity (Wildman–Crippen MR) is 112 cm³/mol. The molecule has 1 aliphatic carbocycles. The highest BCUT2D eigenvalue weighted by Crippen LogP contribution is 2.35. The van der Waals surface area contributed by atoms with Crippen LogP contribution in [0.3, 0.4) is 0 Å². The van der Waals surface area contributed by atoms with Crippen LogP contribution in [-0.4, -0.2) is 42.1 Å². The lowest BCUT2D eigenvalue weighted by atomic mass is 10.0. The number of nitrogens with one attached hydrogen (secondary N) is 1. The van der Waals surface area contributed by atoms with Gasteiger partial charge in [0.15, 0.2) is 11.4 Å². The van der Waals surface area contributed by atoms with Gasteiger partial charge in [0.2, 0.25) is 5.75 Å². The Morgan fingerprint density at radius 3 is 2.72 bits per heavy atom. The molecular weight excluding hydrogens is 419 g/mol. The molecule has 0 saturated heterocycles. The first kappa shape index (κ1) is 23.2. The summed E-state index contributed by atoms with van der Waals surface area (Å²) in [6, 6.07) is 4.97. The largest absolute Gasteiger partial charge is 0.493 e. The van der Waals surface area contributed by atoms with Crippen LogP contribution in [0.25, 0.3) is 0 Å². The number of pyridine rings is 1. The number of rotatable bonds is 7. The minimum atomic E-state index is -1.00. The van der Waals surface area contributed by atoms with Crippen molar-refractivity contribution in [2.45, 2.75) is 51.7 Å². The van der Waals surface area contributed by atoms with Crippen LogP contribution in [0.4, 0.5) is 4.39 Å². The minimum Gasteiger partial charge on any atom is -0.493 e. The summed E-state index contributed by atoms with van der Waals surface area (Å²) >= 11 is 0. The Morgan fingerprint density at radius 2 is 2.03 bits per heavy atom. The third kappa shape index (κ3) is 4.87. The Bertz CT molecular complexity index is 1040. The maximum Gasteiger partial charge on any atom is 0.328 e. The van der Waals surface area contributed by atoms with Crippen LogP contribution < -0.4 is 14.8 Å². The maximum atomic E-state index is 13.5. The summed E-state index contributed by atoms with van der Waals surface area (Å²) in [5, 5.41) is 2.52. The third-order valence-electron chi connectivity index (χ3n) is 5.35. The SMILES string of the molecule is CCC(=O)Oc1c(OC)ccnc1C(=O)N[C@@H](C)C(=O)OC1Cc2cc(F)ccc2C1C. The number of esters is 2. The van der Waals surface area contributed by atoms with Gasteiger partial charge in [-0.1, -0.05) is 19.9 Å². The van der Waals surface area contributed by atoms with E-state index in [1.165, 1.54) is 38.4 Å².